The summed E-state index contributed by atoms with van der Waals surface area (Å²) in [6.45, 7) is 0.847. The summed E-state index contributed by atoms with van der Waals surface area (Å²) < 4.78 is 7.27. The fraction of sp³-hybridized carbons (Fsp3) is 0.357. The molecule has 0 amide bonds. The first-order chi connectivity index (χ1) is 8.76. The molecule has 4 heteroatoms. The van der Waals surface area contributed by atoms with E-state index in [1.54, 1.807) is 7.11 Å². The number of aliphatic hydroxyl groups is 1. The molecule has 1 aliphatic rings. The van der Waals surface area contributed by atoms with Crippen molar-refractivity contribution in [2.24, 2.45) is 0 Å². The highest BCUT2D eigenvalue weighted by atomic mass is 16.5. The molecule has 18 heavy (non-hydrogen) atoms. The van der Waals surface area contributed by atoms with Crippen molar-refractivity contribution in [2.75, 3.05) is 7.11 Å². The number of methoxy groups -OCH3 is 1. The summed E-state index contributed by atoms with van der Waals surface area (Å²) in [5.41, 5.74) is 2.04. The summed E-state index contributed by atoms with van der Waals surface area (Å²) in [7, 11) is 1.66. The van der Waals surface area contributed by atoms with E-state index in [-0.39, 0.29) is 6.10 Å². The van der Waals surface area contributed by atoms with Crippen molar-refractivity contribution >= 4 is 0 Å². The fourth-order valence-corrected chi connectivity index (χ4v) is 2.31. The molecule has 1 aliphatic heterocycles. The molecular formula is C14H16N2O2. The Bertz CT molecular complexity index is 545. The zero-order chi connectivity index (χ0) is 12.5. The minimum absolute atomic E-state index is 0.247. The highest BCUT2D eigenvalue weighted by Crippen LogP contribution is 2.24. The van der Waals surface area contributed by atoms with Gasteiger partial charge >= 0.3 is 0 Å². The van der Waals surface area contributed by atoms with Gasteiger partial charge in [0.25, 0.3) is 0 Å². The number of imidazole rings is 1. The maximum absolute atomic E-state index is 9.63. The lowest BCUT2D eigenvalue weighted by molar-refractivity contribution is 0.141. The highest BCUT2D eigenvalue weighted by Gasteiger charge is 2.18. The van der Waals surface area contributed by atoms with Gasteiger partial charge in [0.05, 0.1) is 18.9 Å². The average molecular weight is 244 g/mol. The molecule has 0 fully saturated rings. The van der Waals surface area contributed by atoms with Crippen molar-refractivity contribution in [2.45, 2.75) is 25.5 Å². The Hall–Kier alpha value is -1.81. The standard InChI is InChI=1S/C14H16N2O2/c1-18-12-4-2-10(3-5-12)13-9-16-7-6-11(17)8-14(16)15-13/h2-5,9,11,17H,6-8H2,1H3. The molecule has 0 radical (unpaired) electrons. The van der Waals surface area contributed by atoms with E-state index < -0.39 is 0 Å². The Kier molecular flexibility index (Phi) is 2.80. The number of hydrogen-bond acceptors (Lipinski definition) is 3. The number of nitrogens with zero attached hydrogens (tertiary/aromatic N) is 2. The van der Waals surface area contributed by atoms with Gasteiger partial charge in [-0.15, -0.1) is 0 Å². The summed E-state index contributed by atoms with van der Waals surface area (Å²) in [6, 6.07) is 7.87. The summed E-state index contributed by atoms with van der Waals surface area (Å²) in [6.07, 6.45) is 3.27. The predicted octanol–water partition coefficient (Wildman–Crippen LogP) is 1.87. The topological polar surface area (TPSA) is 47.3 Å². The van der Waals surface area contributed by atoms with Gasteiger partial charge in [-0.3, -0.25) is 0 Å². The molecule has 1 aromatic carbocycles. The SMILES string of the molecule is COc1ccc(-c2cn3c(n2)CC(O)CC3)cc1. The molecule has 94 valence electrons. The molecule has 1 atom stereocenters. The number of fused-ring (bicyclic) bond motifs is 1. The number of ether oxygens (including phenoxy) is 1. The normalized spacial score (nSPS) is 18.4. The fourth-order valence-electron chi connectivity index (χ4n) is 2.31. The van der Waals surface area contributed by atoms with Crippen molar-refractivity contribution in [3.63, 3.8) is 0 Å². The van der Waals surface area contributed by atoms with Crippen LogP contribution in [0.4, 0.5) is 0 Å². The van der Waals surface area contributed by atoms with Crippen molar-refractivity contribution in [3.05, 3.63) is 36.3 Å². The van der Waals surface area contributed by atoms with Gasteiger partial charge in [0.1, 0.15) is 11.6 Å². The first-order valence-corrected chi connectivity index (χ1v) is 6.15. The molecule has 4 nitrogen and oxygen atoms in total. The lowest BCUT2D eigenvalue weighted by atomic mass is 10.1. The molecule has 0 saturated carbocycles. The lowest BCUT2D eigenvalue weighted by Crippen LogP contribution is -2.22. The van der Waals surface area contributed by atoms with E-state index in [0.29, 0.717) is 6.42 Å². The third-order valence-corrected chi connectivity index (χ3v) is 3.37. The van der Waals surface area contributed by atoms with Crippen LogP contribution in [0.15, 0.2) is 30.5 Å². The van der Waals surface area contributed by atoms with Crippen LogP contribution in [-0.4, -0.2) is 27.9 Å². The van der Waals surface area contributed by atoms with Gasteiger partial charge < -0.3 is 14.4 Å². The number of benzene rings is 1. The van der Waals surface area contributed by atoms with Crippen LogP contribution in [-0.2, 0) is 13.0 Å². The van der Waals surface area contributed by atoms with Crippen molar-refractivity contribution in [1.29, 1.82) is 0 Å². The number of aliphatic hydroxyl groups excluding tert-OH is 1. The Morgan fingerprint density at radius 2 is 2.11 bits per heavy atom. The van der Waals surface area contributed by atoms with Gasteiger partial charge in [0.15, 0.2) is 0 Å². The summed E-state index contributed by atoms with van der Waals surface area (Å²) in [5.74, 6) is 1.82. The van der Waals surface area contributed by atoms with Gasteiger partial charge in [-0.1, -0.05) is 0 Å². The highest BCUT2D eigenvalue weighted by molar-refractivity contribution is 5.59. The number of rotatable bonds is 2. The largest absolute Gasteiger partial charge is 0.497 e. The molecule has 0 saturated heterocycles. The van der Waals surface area contributed by atoms with Gasteiger partial charge in [0, 0.05) is 24.7 Å². The van der Waals surface area contributed by atoms with Gasteiger partial charge in [-0.25, -0.2) is 4.98 Å². The zero-order valence-corrected chi connectivity index (χ0v) is 10.3. The van der Waals surface area contributed by atoms with Gasteiger partial charge in [-0.2, -0.15) is 0 Å². The maximum atomic E-state index is 9.63. The number of hydrogen-bond donors (Lipinski definition) is 1. The minimum Gasteiger partial charge on any atom is -0.497 e. The van der Waals surface area contributed by atoms with E-state index in [9.17, 15) is 5.11 Å². The van der Waals surface area contributed by atoms with E-state index in [1.165, 1.54) is 0 Å². The Morgan fingerprint density at radius 3 is 2.83 bits per heavy atom. The molecule has 0 bridgehead atoms. The van der Waals surface area contributed by atoms with Crippen molar-refractivity contribution in [3.8, 4) is 17.0 Å². The monoisotopic (exact) mass is 244 g/mol. The van der Waals surface area contributed by atoms with Crippen molar-refractivity contribution < 1.29 is 9.84 Å². The van der Waals surface area contributed by atoms with Crippen LogP contribution < -0.4 is 4.74 Å². The molecule has 2 heterocycles. The molecule has 1 unspecified atom stereocenters. The van der Waals surface area contributed by atoms with E-state index in [2.05, 4.69) is 15.7 Å². The van der Waals surface area contributed by atoms with E-state index in [4.69, 9.17) is 4.74 Å². The van der Waals surface area contributed by atoms with Crippen molar-refractivity contribution in [1.82, 2.24) is 9.55 Å². The maximum Gasteiger partial charge on any atom is 0.118 e. The van der Waals surface area contributed by atoms with Crippen LogP contribution in [0, 0.1) is 0 Å². The number of aromatic nitrogens is 2. The van der Waals surface area contributed by atoms with Crippen LogP contribution in [0.2, 0.25) is 0 Å². The average Bonchev–Trinajstić information content (AvgIpc) is 2.81. The molecule has 0 aliphatic carbocycles. The molecule has 1 aromatic heterocycles. The van der Waals surface area contributed by atoms with Crippen LogP contribution in [0.1, 0.15) is 12.2 Å². The predicted molar refractivity (Wildman–Crippen MR) is 68.5 cm³/mol. The Morgan fingerprint density at radius 1 is 1.33 bits per heavy atom. The first kappa shape index (κ1) is 11.3. The molecule has 1 N–H and O–H groups in total. The van der Waals surface area contributed by atoms with Crippen LogP contribution in [0.25, 0.3) is 11.3 Å². The van der Waals surface area contributed by atoms with Crippen LogP contribution in [0.3, 0.4) is 0 Å². The zero-order valence-electron chi connectivity index (χ0n) is 10.3. The molecular weight excluding hydrogens is 228 g/mol. The third-order valence-electron chi connectivity index (χ3n) is 3.37. The first-order valence-electron chi connectivity index (χ1n) is 6.15. The van der Waals surface area contributed by atoms with E-state index in [0.717, 1.165) is 35.8 Å². The second kappa shape index (κ2) is 4.46. The minimum atomic E-state index is -0.247. The second-order valence-electron chi connectivity index (χ2n) is 4.61. The molecule has 3 rings (SSSR count). The molecule has 2 aromatic rings. The quantitative estimate of drug-likeness (QED) is 0.877. The Balaban J connectivity index is 1.92. The lowest BCUT2D eigenvalue weighted by Gasteiger charge is -2.18. The Labute approximate surface area is 106 Å². The third kappa shape index (κ3) is 1.99. The van der Waals surface area contributed by atoms with E-state index in [1.807, 2.05) is 24.3 Å². The van der Waals surface area contributed by atoms with E-state index >= 15 is 0 Å². The summed E-state index contributed by atoms with van der Waals surface area (Å²) >= 11 is 0. The summed E-state index contributed by atoms with van der Waals surface area (Å²) in [5, 5.41) is 9.63. The van der Waals surface area contributed by atoms with Gasteiger partial charge in [-0.05, 0) is 30.7 Å². The van der Waals surface area contributed by atoms with Crippen LogP contribution in [0.5, 0.6) is 5.75 Å². The number of aryl methyl sites for hydroxylation is 1. The molecule has 0 spiro atoms. The smallest absolute Gasteiger partial charge is 0.118 e. The second-order valence-corrected chi connectivity index (χ2v) is 4.61. The van der Waals surface area contributed by atoms with Crippen LogP contribution >= 0.6 is 0 Å². The summed E-state index contributed by atoms with van der Waals surface area (Å²) in [4.78, 5) is 4.59. The van der Waals surface area contributed by atoms with Gasteiger partial charge in [0.2, 0.25) is 0 Å².